The highest BCUT2D eigenvalue weighted by Crippen LogP contribution is 2.28. The number of anilines is 1. The molecular weight excluding hydrogens is 412 g/mol. The number of nitrogens with one attached hydrogen (secondary N) is 1. The predicted octanol–water partition coefficient (Wildman–Crippen LogP) is 3.65. The van der Waals surface area contributed by atoms with Crippen molar-refractivity contribution >= 4 is 29.5 Å². The third-order valence-corrected chi connectivity index (χ3v) is 4.26. The number of amides is 1. The molecule has 0 atom stereocenters. The summed E-state index contributed by atoms with van der Waals surface area (Å²) in [5, 5.41) is 17.8. The number of nitro groups is 1. The fraction of sp³-hybridized carbons (Fsp3) is 0.211. The summed E-state index contributed by atoms with van der Waals surface area (Å²) in [4.78, 5) is 23.0. The van der Waals surface area contributed by atoms with Gasteiger partial charge in [-0.2, -0.15) is 0 Å². The topological polar surface area (TPSA) is 122 Å². The van der Waals surface area contributed by atoms with Gasteiger partial charge in [0.15, 0.2) is 6.61 Å². The second-order valence-electron chi connectivity index (χ2n) is 6.21. The van der Waals surface area contributed by atoms with E-state index in [2.05, 4.69) is 10.4 Å². The highest BCUT2D eigenvalue weighted by Gasteiger charge is 2.18. The largest absolute Gasteiger partial charge is 0.496 e. The maximum absolute atomic E-state index is 12.3. The molecule has 11 heteroatoms. The zero-order chi connectivity index (χ0) is 21.7. The van der Waals surface area contributed by atoms with Crippen LogP contribution in [0.15, 0.2) is 46.9 Å². The number of methoxy groups -OCH3 is 1. The van der Waals surface area contributed by atoms with Gasteiger partial charge in [-0.3, -0.25) is 14.9 Å². The monoisotopic (exact) mass is 430 g/mol. The fourth-order valence-corrected chi connectivity index (χ4v) is 2.78. The van der Waals surface area contributed by atoms with Gasteiger partial charge in [0.25, 0.3) is 16.4 Å². The van der Waals surface area contributed by atoms with Crippen molar-refractivity contribution in [1.29, 1.82) is 0 Å². The van der Waals surface area contributed by atoms with Crippen LogP contribution in [0.2, 0.25) is 0 Å². The number of carbonyl (C=O) groups is 1. The number of nitro benzene ring substituents is 1. The van der Waals surface area contributed by atoms with E-state index in [1.165, 1.54) is 30.0 Å². The lowest BCUT2D eigenvalue weighted by atomic mass is 10.2. The number of nitrogens with zero attached hydrogens (tertiary/aromatic N) is 3. The normalized spacial score (nSPS) is 10.5. The van der Waals surface area contributed by atoms with E-state index in [-0.39, 0.29) is 35.3 Å². The molecule has 0 radical (unpaired) electrons. The van der Waals surface area contributed by atoms with E-state index in [4.69, 9.17) is 26.1 Å². The van der Waals surface area contributed by atoms with E-state index < -0.39 is 10.8 Å². The van der Waals surface area contributed by atoms with E-state index in [0.717, 1.165) is 5.56 Å². The molecule has 0 fully saturated rings. The quantitative estimate of drug-likeness (QED) is 0.326. The Balaban J connectivity index is 1.66. The van der Waals surface area contributed by atoms with Crippen LogP contribution in [0.3, 0.4) is 0 Å². The number of aromatic nitrogens is 2. The van der Waals surface area contributed by atoms with Crippen LogP contribution in [0.1, 0.15) is 11.5 Å². The zero-order valence-corrected chi connectivity index (χ0v) is 17.0. The summed E-state index contributed by atoms with van der Waals surface area (Å²) in [7, 11) is 1.39. The van der Waals surface area contributed by atoms with E-state index in [0.29, 0.717) is 11.5 Å². The SMILES string of the molecule is COc1ccc(NC(=O)Cn2nc(COc3cccc(C)c3)oc2=S)c([N+](=O)[O-])c1. The summed E-state index contributed by atoms with van der Waals surface area (Å²) >= 11 is 5.08. The molecule has 2 aromatic carbocycles. The van der Waals surface area contributed by atoms with Crippen molar-refractivity contribution in [2.45, 2.75) is 20.1 Å². The Bertz CT molecular complexity index is 1140. The van der Waals surface area contributed by atoms with Crippen molar-refractivity contribution in [2.24, 2.45) is 0 Å². The maximum atomic E-state index is 12.3. The molecular formula is C19H18N4O6S. The first-order valence-corrected chi connectivity index (χ1v) is 9.15. The van der Waals surface area contributed by atoms with Gasteiger partial charge in [-0.1, -0.05) is 12.1 Å². The van der Waals surface area contributed by atoms with Crippen LogP contribution >= 0.6 is 12.2 Å². The lowest BCUT2D eigenvalue weighted by Crippen LogP contribution is -2.20. The first-order chi connectivity index (χ1) is 14.4. The molecule has 156 valence electrons. The number of hydrogen-bond donors (Lipinski definition) is 1. The molecule has 10 nitrogen and oxygen atoms in total. The van der Waals surface area contributed by atoms with Crippen LogP contribution in [0.4, 0.5) is 11.4 Å². The van der Waals surface area contributed by atoms with Gasteiger partial charge in [-0.25, -0.2) is 4.68 Å². The van der Waals surface area contributed by atoms with Crippen molar-refractivity contribution in [3.05, 3.63) is 68.9 Å². The number of hydrogen-bond acceptors (Lipinski definition) is 8. The van der Waals surface area contributed by atoms with Crippen LogP contribution in [-0.2, 0) is 17.9 Å². The number of carbonyl (C=O) groups excluding carboxylic acids is 1. The summed E-state index contributed by atoms with van der Waals surface area (Å²) in [6.45, 7) is 1.70. The Morgan fingerprint density at radius 1 is 1.30 bits per heavy atom. The van der Waals surface area contributed by atoms with Gasteiger partial charge in [0, 0.05) is 0 Å². The molecule has 0 aliphatic rings. The minimum Gasteiger partial charge on any atom is -0.496 e. The first kappa shape index (κ1) is 21.0. The molecule has 0 unspecified atom stereocenters. The van der Waals surface area contributed by atoms with Crippen molar-refractivity contribution in [1.82, 2.24) is 9.78 Å². The number of rotatable bonds is 8. The van der Waals surface area contributed by atoms with Gasteiger partial charge >= 0.3 is 0 Å². The zero-order valence-electron chi connectivity index (χ0n) is 16.2. The summed E-state index contributed by atoms with van der Waals surface area (Å²) in [5.41, 5.74) is 0.783. The molecule has 0 saturated heterocycles. The van der Waals surface area contributed by atoms with Gasteiger partial charge in [0.2, 0.25) is 5.91 Å². The average molecular weight is 430 g/mol. The summed E-state index contributed by atoms with van der Waals surface area (Å²) < 4.78 is 17.1. The van der Waals surface area contributed by atoms with Gasteiger partial charge in [0.1, 0.15) is 23.7 Å². The summed E-state index contributed by atoms with van der Waals surface area (Å²) in [6.07, 6.45) is 0. The fourth-order valence-electron chi connectivity index (χ4n) is 2.58. The van der Waals surface area contributed by atoms with Crippen molar-refractivity contribution in [3.8, 4) is 11.5 Å². The van der Waals surface area contributed by atoms with Crippen LogP contribution in [0, 0.1) is 21.9 Å². The molecule has 0 spiro atoms. The number of benzene rings is 2. The van der Waals surface area contributed by atoms with E-state index >= 15 is 0 Å². The molecule has 1 amide bonds. The molecule has 0 aliphatic heterocycles. The second kappa shape index (κ2) is 9.18. The minimum absolute atomic E-state index is 0.0165. The lowest BCUT2D eigenvalue weighted by Gasteiger charge is -2.07. The van der Waals surface area contributed by atoms with Crippen molar-refractivity contribution in [3.63, 3.8) is 0 Å². The molecule has 0 saturated carbocycles. The van der Waals surface area contributed by atoms with Crippen molar-refractivity contribution in [2.75, 3.05) is 12.4 Å². The highest BCUT2D eigenvalue weighted by molar-refractivity contribution is 7.71. The number of aryl methyl sites for hydroxylation is 1. The summed E-state index contributed by atoms with van der Waals surface area (Å²) in [6, 6.07) is 11.6. The van der Waals surface area contributed by atoms with Gasteiger partial charge in [-0.05, 0) is 49.0 Å². The maximum Gasteiger partial charge on any atom is 0.296 e. The lowest BCUT2D eigenvalue weighted by molar-refractivity contribution is -0.384. The van der Waals surface area contributed by atoms with E-state index in [1.807, 2.05) is 25.1 Å². The van der Waals surface area contributed by atoms with Crippen LogP contribution in [-0.4, -0.2) is 27.7 Å². The van der Waals surface area contributed by atoms with Gasteiger partial charge in [0.05, 0.1) is 18.1 Å². The minimum atomic E-state index is -0.610. The predicted molar refractivity (Wildman–Crippen MR) is 109 cm³/mol. The standard InChI is InChI=1S/C19H18N4O6S/c1-12-4-3-5-14(8-12)28-11-18-21-22(19(30)29-18)10-17(24)20-15-7-6-13(27-2)9-16(15)23(25)26/h3-9H,10-11H2,1-2H3,(H,20,24). The third kappa shape index (κ3) is 5.20. The Morgan fingerprint density at radius 3 is 2.80 bits per heavy atom. The summed E-state index contributed by atoms with van der Waals surface area (Å²) in [5.74, 6) is 0.593. The smallest absolute Gasteiger partial charge is 0.296 e. The Labute approximate surface area is 176 Å². The van der Waals surface area contributed by atoms with E-state index in [1.54, 1.807) is 6.07 Å². The van der Waals surface area contributed by atoms with Gasteiger partial charge in [-0.15, -0.1) is 5.10 Å². The Kier molecular flexibility index (Phi) is 6.42. The van der Waals surface area contributed by atoms with Crippen molar-refractivity contribution < 1.29 is 23.6 Å². The van der Waals surface area contributed by atoms with E-state index in [9.17, 15) is 14.9 Å². The Hall–Kier alpha value is -3.73. The van der Waals surface area contributed by atoms with Crippen LogP contribution in [0.5, 0.6) is 11.5 Å². The molecule has 3 aromatic rings. The highest BCUT2D eigenvalue weighted by atomic mass is 32.1. The van der Waals surface area contributed by atoms with Crippen LogP contribution < -0.4 is 14.8 Å². The molecule has 1 aromatic heterocycles. The first-order valence-electron chi connectivity index (χ1n) is 8.74. The molecule has 0 bridgehead atoms. The molecule has 0 aliphatic carbocycles. The Morgan fingerprint density at radius 2 is 2.10 bits per heavy atom. The molecule has 3 rings (SSSR count). The van der Waals surface area contributed by atoms with Gasteiger partial charge < -0.3 is 19.2 Å². The third-order valence-electron chi connectivity index (χ3n) is 3.97. The average Bonchev–Trinajstić information content (AvgIpc) is 3.05. The second-order valence-corrected chi connectivity index (χ2v) is 6.56. The number of ether oxygens (including phenoxy) is 2. The van der Waals surface area contributed by atoms with Crippen LogP contribution in [0.25, 0.3) is 0 Å². The molecule has 1 heterocycles. The molecule has 1 N–H and O–H groups in total. The molecule has 30 heavy (non-hydrogen) atoms.